The van der Waals surface area contributed by atoms with E-state index in [0.29, 0.717) is 23.8 Å². The maximum Gasteiger partial charge on any atom is 0.274 e. The van der Waals surface area contributed by atoms with Gasteiger partial charge in [0.1, 0.15) is 17.1 Å². The number of fused-ring (bicyclic) bond motifs is 2. The molecule has 8 nitrogen and oxygen atoms in total. The predicted molar refractivity (Wildman–Crippen MR) is 128 cm³/mol. The van der Waals surface area contributed by atoms with Crippen molar-refractivity contribution < 1.29 is 14.3 Å². The second-order valence-corrected chi connectivity index (χ2v) is 10.9. The maximum absolute atomic E-state index is 13.4. The van der Waals surface area contributed by atoms with E-state index in [1.54, 1.807) is 35.2 Å². The van der Waals surface area contributed by atoms with Gasteiger partial charge in [-0.3, -0.25) is 9.59 Å². The minimum atomic E-state index is -0.384. The third-order valence-corrected chi connectivity index (χ3v) is 7.47. The summed E-state index contributed by atoms with van der Waals surface area (Å²) in [4.78, 5) is 31.2. The molecule has 1 unspecified atom stereocenters. The van der Waals surface area contributed by atoms with E-state index in [2.05, 4.69) is 19.2 Å². The Bertz CT molecular complexity index is 1360. The SMILES string of the molecule is CC(C)Oc1cc2nc(C34COC(C)(C3)C4)cn2cc1C(=O)Nc1cccn(C2C[C@H]2C)c1=O. The molecule has 0 spiro atoms. The molecule has 2 aliphatic heterocycles. The summed E-state index contributed by atoms with van der Waals surface area (Å²) in [6.45, 7) is 8.77. The zero-order valence-corrected chi connectivity index (χ0v) is 20.0. The number of imidazole rings is 1. The molecule has 178 valence electrons. The van der Waals surface area contributed by atoms with E-state index in [1.165, 1.54) is 0 Å². The summed E-state index contributed by atoms with van der Waals surface area (Å²) >= 11 is 0. The van der Waals surface area contributed by atoms with E-state index < -0.39 is 0 Å². The second-order valence-electron chi connectivity index (χ2n) is 10.9. The molecule has 0 radical (unpaired) electrons. The first-order chi connectivity index (χ1) is 16.2. The zero-order chi connectivity index (χ0) is 23.8. The summed E-state index contributed by atoms with van der Waals surface area (Å²) in [6.07, 6.45) is 8.31. The van der Waals surface area contributed by atoms with Crippen molar-refractivity contribution in [3.63, 3.8) is 0 Å². The van der Waals surface area contributed by atoms with Crippen molar-refractivity contribution in [2.75, 3.05) is 11.9 Å². The largest absolute Gasteiger partial charge is 0.490 e. The van der Waals surface area contributed by atoms with Crippen LogP contribution in [0.1, 0.15) is 69.1 Å². The molecule has 1 amide bonds. The van der Waals surface area contributed by atoms with E-state index in [0.717, 1.165) is 30.6 Å². The molecular formula is C26H30N4O4. The number of ether oxygens (including phenoxy) is 2. The standard InChI is InChI=1S/C26H30N4O4/c1-15(2)34-20-9-22-28-21(26-12-25(4,13-26)33-14-26)11-29(22)10-17(20)23(31)27-18-6-5-7-30(24(18)32)19-8-16(19)3/h5-7,9-11,15-16,19H,8,12-14H2,1-4H3,(H,27,31)/t16-,19?,25?,26?/m1/s1. The number of amides is 1. The molecule has 34 heavy (non-hydrogen) atoms. The molecule has 1 N–H and O–H groups in total. The van der Waals surface area contributed by atoms with Crippen LogP contribution < -0.4 is 15.6 Å². The molecule has 2 atom stereocenters. The quantitative estimate of drug-likeness (QED) is 0.600. The number of nitrogens with zero attached hydrogens (tertiary/aromatic N) is 3. The van der Waals surface area contributed by atoms with Gasteiger partial charge in [-0.05, 0) is 58.1 Å². The lowest BCUT2D eigenvalue weighted by molar-refractivity contribution is 0.0154. The third-order valence-electron chi connectivity index (χ3n) is 7.47. The van der Waals surface area contributed by atoms with Crippen molar-refractivity contribution >= 4 is 17.2 Å². The van der Waals surface area contributed by atoms with Gasteiger partial charge in [-0.2, -0.15) is 0 Å². The normalized spacial score (nSPS) is 29.3. The van der Waals surface area contributed by atoms with Crippen molar-refractivity contribution in [1.82, 2.24) is 14.0 Å². The van der Waals surface area contributed by atoms with E-state index >= 15 is 0 Å². The fourth-order valence-corrected chi connectivity index (χ4v) is 5.69. The topological polar surface area (TPSA) is 86.9 Å². The van der Waals surface area contributed by atoms with E-state index in [4.69, 9.17) is 14.5 Å². The van der Waals surface area contributed by atoms with Gasteiger partial charge in [0.05, 0.1) is 29.6 Å². The number of carbonyl (C=O) groups is 1. The maximum atomic E-state index is 13.4. The molecule has 3 aromatic heterocycles. The summed E-state index contributed by atoms with van der Waals surface area (Å²) in [5.41, 5.74) is 2.07. The molecule has 2 aliphatic carbocycles. The first-order valence-electron chi connectivity index (χ1n) is 12.0. The van der Waals surface area contributed by atoms with Crippen LogP contribution in [0.25, 0.3) is 5.65 Å². The fraction of sp³-hybridized carbons (Fsp3) is 0.500. The van der Waals surface area contributed by atoms with Gasteiger partial charge in [0, 0.05) is 36.1 Å². The van der Waals surface area contributed by atoms with Crippen LogP contribution in [0.3, 0.4) is 0 Å². The predicted octanol–water partition coefficient (Wildman–Crippen LogP) is 3.94. The Labute approximate surface area is 197 Å². The monoisotopic (exact) mass is 462 g/mol. The number of nitrogens with one attached hydrogen (secondary N) is 1. The highest BCUT2D eigenvalue weighted by Crippen LogP contribution is 2.58. The van der Waals surface area contributed by atoms with Gasteiger partial charge in [0.25, 0.3) is 11.5 Å². The lowest BCUT2D eigenvalue weighted by Crippen LogP contribution is -2.45. The van der Waals surface area contributed by atoms with Crippen LogP contribution in [-0.2, 0) is 10.2 Å². The molecule has 2 saturated heterocycles. The van der Waals surface area contributed by atoms with Gasteiger partial charge < -0.3 is 23.8 Å². The number of carbonyl (C=O) groups excluding carboxylic acids is 1. The van der Waals surface area contributed by atoms with Gasteiger partial charge in [-0.15, -0.1) is 0 Å². The van der Waals surface area contributed by atoms with Crippen LogP contribution in [0.15, 0.2) is 41.6 Å². The van der Waals surface area contributed by atoms with Crippen LogP contribution in [0, 0.1) is 5.92 Å². The van der Waals surface area contributed by atoms with Crippen LogP contribution in [-0.4, -0.2) is 38.2 Å². The average Bonchev–Trinajstić information content (AvgIpc) is 3.08. The van der Waals surface area contributed by atoms with Crippen molar-refractivity contribution in [2.24, 2.45) is 5.92 Å². The number of hydrogen-bond acceptors (Lipinski definition) is 5. The highest BCUT2D eigenvalue weighted by Gasteiger charge is 2.61. The van der Waals surface area contributed by atoms with Crippen LogP contribution in [0.5, 0.6) is 5.75 Å². The number of pyridine rings is 2. The van der Waals surface area contributed by atoms with Crippen molar-refractivity contribution in [1.29, 1.82) is 0 Å². The summed E-state index contributed by atoms with van der Waals surface area (Å²) < 4.78 is 15.5. The average molecular weight is 463 g/mol. The number of anilines is 1. The summed E-state index contributed by atoms with van der Waals surface area (Å²) in [5.74, 6) is 0.540. The summed E-state index contributed by atoms with van der Waals surface area (Å²) in [7, 11) is 0. The summed E-state index contributed by atoms with van der Waals surface area (Å²) in [5, 5.41) is 2.82. The van der Waals surface area contributed by atoms with Gasteiger partial charge in [0.15, 0.2) is 0 Å². The number of hydrogen-bond donors (Lipinski definition) is 1. The molecule has 4 aliphatic rings. The molecule has 2 bridgehead atoms. The van der Waals surface area contributed by atoms with Crippen LogP contribution in [0.4, 0.5) is 5.69 Å². The van der Waals surface area contributed by atoms with Gasteiger partial charge in [-0.25, -0.2) is 4.98 Å². The van der Waals surface area contributed by atoms with Gasteiger partial charge in [-0.1, -0.05) is 6.92 Å². The van der Waals surface area contributed by atoms with Crippen LogP contribution in [0.2, 0.25) is 0 Å². The Balaban J connectivity index is 1.35. The highest BCUT2D eigenvalue weighted by molar-refractivity contribution is 6.06. The first kappa shape index (κ1) is 21.4. The lowest BCUT2D eigenvalue weighted by atomic mass is 9.62. The molecule has 5 heterocycles. The second kappa shape index (κ2) is 7.18. The lowest BCUT2D eigenvalue weighted by Gasteiger charge is -2.41. The molecule has 3 aromatic rings. The molecular weight excluding hydrogens is 432 g/mol. The molecule has 7 rings (SSSR count). The van der Waals surface area contributed by atoms with Crippen molar-refractivity contribution in [3.8, 4) is 5.75 Å². The molecule has 2 saturated carbocycles. The van der Waals surface area contributed by atoms with E-state index in [9.17, 15) is 9.59 Å². The Morgan fingerprint density at radius 2 is 2.09 bits per heavy atom. The fourth-order valence-electron chi connectivity index (χ4n) is 5.69. The van der Waals surface area contributed by atoms with E-state index in [1.807, 2.05) is 24.4 Å². The van der Waals surface area contributed by atoms with Gasteiger partial charge in [0.2, 0.25) is 0 Å². The van der Waals surface area contributed by atoms with Crippen LogP contribution >= 0.6 is 0 Å². The Morgan fingerprint density at radius 3 is 2.74 bits per heavy atom. The zero-order valence-electron chi connectivity index (χ0n) is 20.0. The minimum absolute atomic E-state index is 0.0341. The Hall–Kier alpha value is -3.13. The number of rotatable bonds is 6. The van der Waals surface area contributed by atoms with Crippen molar-refractivity contribution in [2.45, 2.75) is 70.1 Å². The van der Waals surface area contributed by atoms with Gasteiger partial charge >= 0.3 is 0 Å². The Kier molecular flexibility index (Phi) is 4.52. The smallest absolute Gasteiger partial charge is 0.274 e. The molecule has 8 heteroatoms. The molecule has 4 fully saturated rings. The first-order valence-corrected chi connectivity index (χ1v) is 12.0. The van der Waals surface area contributed by atoms with E-state index in [-0.39, 0.29) is 40.3 Å². The Morgan fingerprint density at radius 1 is 1.32 bits per heavy atom. The third kappa shape index (κ3) is 3.35. The highest BCUT2D eigenvalue weighted by atomic mass is 16.5. The molecule has 0 aromatic carbocycles. The minimum Gasteiger partial charge on any atom is -0.490 e. The summed E-state index contributed by atoms with van der Waals surface area (Å²) in [6, 6.07) is 5.46. The number of aromatic nitrogens is 3. The van der Waals surface area contributed by atoms with Crippen molar-refractivity contribution in [3.05, 3.63) is 58.4 Å².